The molecule has 0 saturated heterocycles. The van der Waals surface area contributed by atoms with Crippen molar-refractivity contribution in [1.82, 2.24) is 0 Å². The van der Waals surface area contributed by atoms with Crippen molar-refractivity contribution >= 4 is 27.3 Å². The number of para-hydroxylation sites is 1. The van der Waals surface area contributed by atoms with Crippen molar-refractivity contribution in [2.24, 2.45) is 0 Å². The van der Waals surface area contributed by atoms with Crippen LogP contribution in [0.1, 0.15) is 15.9 Å². The quantitative estimate of drug-likeness (QED) is 0.643. The van der Waals surface area contributed by atoms with Crippen molar-refractivity contribution in [3.8, 4) is 11.5 Å². The Hall–Kier alpha value is -3.59. The molecule has 3 aromatic carbocycles. The Labute approximate surface area is 172 Å². The summed E-state index contributed by atoms with van der Waals surface area (Å²) in [4.78, 5) is 12.6. The van der Waals surface area contributed by atoms with E-state index in [9.17, 15) is 17.6 Å². The number of carbonyl (C=O) groups is 1. The average molecular weight is 428 g/mol. The zero-order valence-corrected chi connectivity index (χ0v) is 16.6. The molecule has 1 aliphatic rings. The normalized spacial score (nSPS) is 12.5. The number of nitrogens with one attached hydrogen (secondary N) is 2. The lowest BCUT2D eigenvalue weighted by molar-refractivity contribution is 0.102. The van der Waals surface area contributed by atoms with Crippen LogP contribution in [0.15, 0.2) is 65.6 Å². The molecule has 1 heterocycles. The summed E-state index contributed by atoms with van der Waals surface area (Å²) in [5.41, 5.74) is 1.05. The van der Waals surface area contributed by atoms with Crippen LogP contribution in [-0.4, -0.2) is 21.1 Å². The van der Waals surface area contributed by atoms with E-state index in [4.69, 9.17) is 9.47 Å². The highest BCUT2D eigenvalue weighted by atomic mass is 32.2. The SMILES string of the molecule is Cc1ccc(S(=O)(=O)Nc2ccccc2F)cc1C(=O)Nc1ccc2c(c1)OCO2. The Kier molecular flexibility index (Phi) is 5.04. The number of halogens is 1. The monoisotopic (exact) mass is 428 g/mol. The van der Waals surface area contributed by atoms with E-state index in [1.807, 2.05) is 0 Å². The van der Waals surface area contributed by atoms with Gasteiger partial charge in [-0.05, 0) is 48.9 Å². The van der Waals surface area contributed by atoms with Gasteiger partial charge in [0.15, 0.2) is 11.5 Å². The molecular weight excluding hydrogens is 411 g/mol. The molecule has 0 spiro atoms. The number of amides is 1. The second-order valence-electron chi connectivity index (χ2n) is 6.58. The Morgan fingerprint density at radius 3 is 2.57 bits per heavy atom. The Morgan fingerprint density at radius 1 is 1.00 bits per heavy atom. The lowest BCUT2D eigenvalue weighted by Gasteiger charge is -2.12. The number of rotatable bonds is 5. The Balaban J connectivity index is 1.59. The molecule has 0 unspecified atom stereocenters. The van der Waals surface area contributed by atoms with Crippen LogP contribution in [-0.2, 0) is 10.0 Å². The molecule has 3 aromatic rings. The molecule has 0 bridgehead atoms. The molecule has 0 saturated carbocycles. The van der Waals surface area contributed by atoms with E-state index < -0.39 is 21.7 Å². The molecule has 1 amide bonds. The molecule has 7 nitrogen and oxygen atoms in total. The van der Waals surface area contributed by atoms with E-state index in [-0.39, 0.29) is 22.9 Å². The zero-order valence-electron chi connectivity index (χ0n) is 15.8. The van der Waals surface area contributed by atoms with E-state index >= 15 is 0 Å². The third-order valence-electron chi connectivity index (χ3n) is 4.51. The summed E-state index contributed by atoms with van der Waals surface area (Å²) in [6.45, 7) is 1.80. The molecule has 0 aromatic heterocycles. The zero-order chi connectivity index (χ0) is 21.3. The maximum atomic E-state index is 13.8. The number of fused-ring (bicyclic) bond motifs is 1. The summed E-state index contributed by atoms with van der Waals surface area (Å²) in [6, 6.07) is 14.5. The molecule has 0 atom stereocenters. The second kappa shape index (κ2) is 7.68. The fraction of sp³-hybridized carbons (Fsp3) is 0.0952. The Bertz CT molecular complexity index is 1240. The lowest BCUT2D eigenvalue weighted by atomic mass is 10.1. The number of ether oxygens (including phenoxy) is 2. The van der Waals surface area contributed by atoms with Gasteiger partial charge in [0, 0.05) is 17.3 Å². The van der Waals surface area contributed by atoms with Crippen LogP contribution in [0.4, 0.5) is 15.8 Å². The van der Waals surface area contributed by atoms with Crippen LogP contribution in [0, 0.1) is 12.7 Å². The smallest absolute Gasteiger partial charge is 0.262 e. The van der Waals surface area contributed by atoms with E-state index in [1.54, 1.807) is 25.1 Å². The van der Waals surface area contributed by atoms with Crippen molar-refractivity contribution in [3.05, 3.63) is 77.6 Å². The number of aryl methyl sites for hydroxylation is 1. The second-order valence-corrected chi connectivity index (χ2v) is 8.27. The van der Waals surface area contributed by atoms with Crippen LogP contribution in [0.5, 0.6) is 11.5 Å². The van der Waals surface area contributed by atoms with Gasteiger partial charge in [-0.25, -0.2) is 12.8 Å². The molecule has 30 heavy (non-hydrogen) atoms. The molecule has 2 N–H and O–H groups in total. The average Bonchev–Trinajstić information content (AvgIpc) is 3.17. The number of anilines is 2. The third-order valence-corrected chi connectivity index (χ3v) is 5.88. The fourth-order valence-electron chi connectivity index (χ4n) is 2.93. The summed E-state index contributed by atoms with van der Waals surface area (Å²) in [5.74, 6) is -0.102. The summed E-state index contributed by atoms with van der Waals surface area (Å²) in [7, 11) is -4.10. The van der Waals surface area contributed by atoms with Crippen molar-refractivity contribution in [2.45, 2.75) is 11.8 Å². The van der Waals surface area contributed by atoms with Crippen LogP contribution in [0.25, 0.3) is 0 Å². The molecule has 0 radical (unpaired) electrons. The fourth-order valence-corrected chi connectivity index (χ4v) is 4.03. The van der Waals surface area contributed by atoms with E-state index in [0.717, 1.165) is 6.07 Å². The first-order chi connectivity index (χ1) is 14.3. The first-order valence-corrected chi connectivity index (χ1v) is 10.4. The van der Waals surface area contributed by atoms with Gasteiger partial charge in [0.2, 0.25) is 6.79 Å². The highest BCUT2D eigenvalue weighted by molar-refractivity contribution is 7.92. The number of sulfonamides is 1. The van der Waals surface area contributed by atoms with Crippen LogP contribution in [0.2, 0.25) is 0 Å². The molecule has 0 fully saturated rings. The minimum Gasteiger partial charge on any atom is -0.454 e. The molecular formula is C21H17FN2O5S. The van der Waals surface area contributed by atoms with Gasteiger partial charge in [-0.1, -0.05) is 18.2 Å². The molecule has 4 rings (SSSR count). The van der Waals surface area contributed by atoms with Gasteiger partial charge in [-0.3, -0.25) is 9.52 Å². The molecule has 9 heteroatoms. The van der Waals surface area contributed by atoms with Gasteiger partial charge in [-0.15, -0.1) is 0 Å². The van der Waals surface area contributed by atoms with Gasteiger partial charge in [0.05, 0.1) is 10.6 Å². The number of benzene rings is 3. The van der Waals surface area contributed by atoms with Crippen molar-refractivity contribution in [1.29, 1.82) is 0 Å². The molecule has 0 aliphatic carbocycles. The van der Waals surface area contributed by atoms with E-state index in [1.165, 1.54) is 36.4 Å². The lowest BCUT2D eigenvalue weighted by Crippen LogP contribution is -2.17. The third kappa shape index (κ3) is 3.92. The van der Waals surface area contributed by atoms with Crippen molar-refractivity contribution < 1.29 is 27.1 Å². The number of carbonyl (C=O) groups excluding carboxylic acids is 1. The van der Waals surface area contributed by atoms with E-state index in [2.05, 4.69) is 10.0 Å². The van der Waals surface area contributed by atoms with Crippen molar-refractivity contribution in [2.75, 3.05) is 16.8 Å². The summed E-state index contributed by atoms with van der Waals surface area (Å²) < 4.78 is 51.9. The van der Waals surface area contributed by atoms with Gasteiger partial charge in [0.1, 0.15) is 5.82 Å². The maximum Gasteiger partial charge on any atom is 0.262 e. The first-order valence-electron chi connectivity index (χ1n) is 8.92. The van der Waals surface area contributed by atoms with E-state index in [0.29, 0.717) is 22.7 Å². The van der Waals surface area contributed by atoms with Gasteiger partial charge >= 0.3 is 0 Å². The molecule has 154 valence electrons. The molecule has 1 aliphatic heterocycles. The topological polar surface area (TPSA) is 93.7 Å². The van der Waals surface area contributed by atoms with Crippen LogP contribution < -0.4 is 19.5 Å². The summed E-state index contributed by atoms with van der Waals surface area (Å²) in [5, 5.41) is 2.72. The minimum absolute atomic E-state index is 0.112. The van der Waals surface area contributed by atoms with Crippen molar-refractivity contribution in [3.63, 3.8) is 0 Å². The van der Waals surface area contributed by atoms with Crippen LogP contribution in [0.3, 0.4) is 0 Å². The standard InChI is InChI=1S/C21H17FN2O5S/c1-13-6-8-15(30(26,27)24-18-5-3-2-4-17(18)22)11-16(13)21(25)23-14-7-9-19-20(10-14)29-12-28-19/h2-11,24H,12H2,1H3,(H,23,25). The predicted octanol–water partition coefficient (Wildman–Crippen LogP) is 3.92. The Morgan fingerprint density at radius 2 is 1.77 bits per heavy atom. The number of hydrogen-bond donors (Lipinski definition) is 2. The summed E-state index contributed by atoms with van der Waals surface area (Å²) in [6.07, 6.45) is 0. The predicted molar refractivity (Wildman–Crippen MR) is 109 cm³/mol. The van der Waals surface area contributed by atoms with Gasteiger partial charge in [-0.2, -0.15) is 0 Å². The van der Waals surface area contributed by atoms with Gasteiger partial charge in [0.25, 0.3) is 15.9 Å². The highest BCUT2D eigenvalue weighted by Gasteiger charge is 2.20. The number of hydrogen-bond acceptors (Lipinski definition) is 5. The minimum atomic E-state index is -4.10. The summed E-state index contributed by atoms with van der Waals surface area (Å²) >= 11 is 0. The maximum absolute atomic E-state index is 13.8. The largest absolute Gasteiger partial charge is 0.454 e. The first kappa shape index (κ1) is 19.7. The highest BCUT2D eigenvalue weighted by Crippen LogP contribution is 2.34. The van der Waals surface area contributed by atoms with Gasteiger partial charge < -0.3 is 14.8 Å². The van der Waals surface area contributed by atoms with Crippen LogP contribution >= 0.6 is 0 Å².